The summed E-state index contributed by atoms with van der Waals surface area (Å²) in [5.41, 5.74) is -2.78. The second kappa shape index (κ2) is 12.1. The average Bonchev–Trinajstić information content (AvgIpc) is 2.99. The molecular formula is C30H29F5N4O4. The van der Waals surface area contributed by atoms with Crippen LogP contribution in [0.3, 0.4) is 0 Å². The molecule has 1 aromatic heterocycles. The van der Waals surface area contributed by atoms with Crippen molar-refractivity contribution in [2.24, 2.45) is 0 Å². The number of hydrogen-bond acceptors (Lipinski definition) is 6. The number of halogens is 5. The van der Waals surface area contributed by atoms with Crippen molar-refractivity contribution >= 4 is 17.5 Å². The number of para-hydroxylation sites is 2. The molecule has 2 amide bonds. The molecule has 2 aromatic carbocycles. The Balaban J connectivity index is 1.43. The standard InChI is InChI=1S/C30H29F5N4O4/c1-42-26-6-3-2-5-25(26)37-11-13-38(14-12-37)28(41)29(43-22-16-20(31)15-21(32)17-22)8-4-10-39(19-29)27(40)23-18-36-9-7-24(23)30(33,34)35/h2-3,5-7,9,15-18H,4,8,10-14,19H2,1H3. The van der Waals surface area contributed by atoms with Crippen molar-refractivity contribution in [1.29, 1.82) is 0 Å². The van der Waals surface area contributed by atoms with Crippen LogP contribution in [-0.4, -0.2) is 78.6 Å². The molecule has 0 spiro atoms. The Morgan fingerprint density at radius 3 is 2.30 bits per heavy atom. The molecule has 13 heteroatoms. The molecule has 0 radical (unpaired) electrons. The van der Waals surface area contributed by atoms with E-state index in [0.29, 0.717) is 31.0 Å². The molecule has 1 unspecified atom stereocenters. The molecule has 1 atom stereocenters. The Morgan fingerprint density at radius 2 is 1.63 bits per heavy atom. The van der Waals surface area contributed by atoms with Gasteiger partial charge in [-0.2, -0.15) is 13.2 Å². The number of benzene rings is 2. The largest absolute Gasteiger partial charge is 0.495 e. The number of amides is 2. The number of likely N-dealkylation sites (tertiary alicyclic amines) is 1. The highest BCUT2D eigenvalue weighted by Gasteiger charge is 2.49. The van der Waals surface area contributed by atoms with Crippen LogP contribution in [0.4, 0.5) is 27.6 Å². The highest BCUT2D eigenvalue weighted by Crippen LogP contribution is 2.36. The number of aromatic nitrogens is 1. The molecule has 43 heavy (non-hydrogen) atoms. The molecule has 3 heterocycles. The fourth-order valence-corrected chi connectivity index (χ4v) is 5.62. The van der Waals surface area contributed by atoms with Gasteiger partial charge < -0.3 is 24.2 Å². The number of hydrogen-bond donors (Lipinski definition) is 0. The number of anilines is 1. The highest BCUT2D eigenvalue weighted by molar-refractivity contribution is 5.96. The van der Waals surface area contributed by atoms with Crippen molar-refractivity contribution < 1.29 is 41.0 Å². The number of carbonyl (C=O) groups is 2. The third-order valence-electron chi connectivity index (χ3n) is 7.63. The second-order valence-corrected chi connectivity index (χ2v) is 10.4. The Bertz CT molecular complexity index is 1480. The van der Waals surface area contributed by atoms with E-state index in [0.717, 1.165) is 35.1 Å². The molecule has 5 rings (SSSR count). The van der Waals surface area contributed by atoms with Gasteiger partial charge in [0.05, 0.1) is 30.5 Å². The van der Waals surface area contributed by atoms with Crippen molar-refractivity contribution in [3.8, 4) is 11.5 Å². The number of ether oxygens (including phenoxy) is 2. The van der Waals surface area contributed by atoms with Gasteiger partial charge in [0.1, 0.15) is 23.1 Å². The van der Waals surface area contributed by atoms with Crippen molar-refractivity contribution in [2.45, 2.75) is 24.6 Å². The van der Waals surface area contributed by atoms with Gasteiger partial charge >= 0.3 is 6.18 Å². The van der Waals surface area contributed by atoms with E-state index in [1.807, 2.05) is 24.3 Å². The summed E-state index contributed by atoms with van der Waals surface area (Å²) < 4.78 is 80.8. The molecule has 2 aliphatic heterocycles. The number of pyridine rings is 1. The fourth-order valence-electron chi connectivity index (χ4n) is 5.62. The molecular weight excluding hydrogens is 575 g/mol. The van der Waals surface area contributed by atoms with Crippen molar-refractivity contribution in [3.63, 3.8) is 0 Å². The lowest BCUT2D eigenvalue weighted by Gasteiger charge is -2.45. The molecule has 2 aliphatic rings. The number of carbonyl (C=O) groups excluding carboxylic acids is 2. The summed E-state index contributed by atoms with van der Waals surface area (Å²) in [7, 11) is 1.56. The van der Waals surface area contributed by atoms with Gasteiger partial charge in [-0.15, -0.1) is 0 Å². The van der Waals surface area contributed by atoms with E-state index in [9.17, 15) is 31.5 Å². The van der Waals surface area contributed by atoms with E-state index < -0.39 is 52.9 Å². The van der Waals surface area contributed by atoms with Crippen molar-refractivity contribution in [1.82, 2.24) is 14.8 Å². The van der Waals surface area contributed by atoms with Crippen LogP contribution >= 0.6 is 0 Å². The lowest BCUT2D eigenvalue weighted by molar-refractivity contribution is -0.153. The lowest BCUT2D eigenvalue weighted by Crippen LogP contribution is -2.64. The van der Waals surface area contributed by atoms with E-state index >= 15 is 0 Å². The van der Waals surface area contributed by atoms with Crippen LogP contribution in [0.5, 0.6) is 11.5 Å². The number of piperazine rings is 1. The van der Waals surface area contributed by atoms with E-state index in [2.05, 4.69) is 9.88 Å². The summed E-state index contributed by atoms with van der Waals surface area (Å²) in [6.07, 6.45) is -2.77. The van der Waals surface area contributed by atoms with Crippen LogP contribution in [0.2, 0.25) is 0 Å². The summed E-state index contributed by atoms with van der Waals surface area (Å²) in [6, 6.07) is 10.6. The summed E-state index contributed by atoms with van der Waals surface area (Å²) >= 11 is 0. The third kappa shape index (κ3) is 6.35. The van der Waals surface area contributed by atoms with E-state index in [4.69, 9.17) is 9.47 Å². The minimum atomic E-state index is -4.81. The van der Waals surface area contributed by atoms with E-state index in [1.54, 1.807) is 12.0 Å². The summed E-state index contributed by atoms with van der Waals surface area (Å²) in [5, 5.41) is 0. The van der Waals surface area contributed by atoms with Crippen LogP contribution in [0.25, 0.3) is 0 Å². The summed E-state index contributed by atoms with van der Waals surface area (Å²) in [4.78, 5) is 36.0. The number of rotatable bonds is 6. The summed E-state index contributed by atoms with van der Waals surface area (Å²) in [5.74, 6) is -2.98. The predicted molar refractivity (Wildman–Crippen MR) is 146 cm³/mol. The molecule has 0 N–H and O–H groups in total. The zero-order valence-electron chi connectivity index (χ0n) is 23.2. The first-order chi connectivity index (χ1) is 20.5. The van der Waals surface area contributed by atoms with E-state index in [-0.39, 0.29) is 38.2 Å². The van der Waals surface area contributed by atoms with Gasteiger partial charge in [-0.25, -0.2) is 8.78 Å². The normalized spacial score (nSPS) is 19.3. The number of alkyl halides is 3. The lowest BCUT2D eigenvalue weighted by atomic mass is 9.89. The maximum Gasteiger partial charge on any atom is 0.417 e. The highest BCUT2D eigenvalue weighted by atomic mass is 19.4. The summed E-state index contributed by atoms with van der Waals surface area (Å²) in [6.45, 7) is 1.00. The number of piperidine rings is 1. The van der Waals surface area contributed by atoms with Gasteiger partial charge in [0.15, 0.2) is 0 Å². The van der Waals surface area contributed by atoms with Gasteiger partial charge in [-0.3, -0.25) is 14.6 Å². The minimum absolute atomic E-state index is 0.0442. The molecule has 228 valence electrons. The maximum atomic E-state index is 14.2. The van der Waals surface area contributed by atoms with Gasteiger partial charge in [0, 0.05) is 63.3 Å². The van der Waals surface area contributed by atoms with Gasteiger partial charge in [0.2, 0.25) is 5.60 Å². The molecule has 8 nitrogen and oxygen atoms in total. The predicted octanol–water partition coefficient (Wildman–Crippen LogP) is 4.79. The first-order valence-corrected chi connectivity index (χ1v) is 13.6. The monoisotopic (exact) mass is 604 g/mol. The van der Waals surface area contributed by atoms with Gasteiger partial charge in [-0.05, 0) is 31.0 Å². The van der Waals surface area contributed by atoms with Crippen LogP contribution < -0.4 is 14.4 Å². The minimum Gasteiger partial charge on any atom is -0.495 e. The van der Waals surface area contributed by atoms with Crippen LogP contribution in [-0.2, 0) is 11.0 Å². The topological polar surface area (TPSA) is 75.2 Å². The van der Waals surface area contributed by atoms with Crippen LogP contribution in [0.1, 0.15) is 28.8 Å². The smallest absolute Gasteiger partial charge is 0.417 e. The molecule has 3 aromatic rings. The average molecular weight is 605 g/mol. The quantitative estimate of drug-likeness (QED) is 0.377. The molecule has 2 saturated heterocycles. The van der Waals surface area contributed by atoms with Crippen LogP contribution in [0.15, 0.2) is 60.9 Å². The Kier molecular flexibility index (Phi) is 8.43. The van der Waals surface area contributed by atoms with Gasteiger partial charge in [-0.1, -0.05) is 12.1 Å². The molecule has 0 saturated carbocycles. The number of nitrogens with zero attached hydrogens (tertiary/aromatic N) is 4. The molecule has 0 bridgehead atoms. The van der Waals surface area contributed by atoms with Crippen molar-refractivity contribution in [2.75, 3.05) is 51.3 Å². The zero-order valence-corrected chi connectivity index (χ0v) is 23.2. The molecule has 2 fully saturated rings. The van der Waals surface area contributed by atoms with Crippen molar-refractivity contribution in [3.05, 3.63) is 83.7 Å². The Morgan fingerprint density at radius 1 is 0.930 bits per heavy atom. The zero-order chi connectivity index (χ0) is 30.8. The van der Waals surface area contributed by atoms with E-state index in [1.165, 1.54) is 0 Å². The Hall–Kier alpha value is -4.42. The van der Waals surface area contributed by atoms with Crippen LogP contribution in [0, 0.1) is 11.6 Å². The third-order valence-corrected chi connectivity index (χ3v) is 7.63. The number of methoxy groups -OCH3 is 1. The first-order valence-electron chi connectivity index (χ1n) is 13.6. The second-order valence-electron chi connectivity index (χ2n) is 10.4. The molecule has 0 aliphatic carbocycles. The first kappa shape index (κ1) is 30.1. The SMILES string of the molecule is COc1ccccc1N1CCN(C(=O)C2(Oc3cc(F)cc(F)c3)CCCN(C(=O)c3cnccc3C(F)(F)F)C2)CC1. The Labute approximate surface area is 244 Å². The van der Waals surface area contributed by atoms with Gasteiger partial charge in [0.25, 0.3) is 11.8 Å². The maximum absolute atomic E-state index is 14.2. The fraction of sp³-hybridized carbons (Fsp3) is 0.367.